The molecule has 1 aliphatic rings. The first-order chi connectivity index (χ1) is 17.4. The van der Waals surface area contributed by atoms with Crippen molar-refractivity contribution in [2.45, 2.75) is 12.8 Å². The van der Waals surface area contributed by atoms with Crippen molar-refractivity contribution in [2.24, 2.45) is 7.05 Å². The van der Waals surface area contributed by atoms with Crippen LogP contribution in [0.5, 0.6) is 0 Å². The van der Waals surface area contributed by atoms with Crippen molar-refractivity contribution in [1.29, 1.82) is 0 Å². The molecule has 11 heteroatoms. The van der Waals surface area contributed by atoms with E-state index >= 15 is 0 Å². The predicted octanol–water partition coefficient (Wildman–Crippen LogP) is 3.86. The topological polar surface area (TPSA) is 95.4 Å². The van der Waals surface area contributed by atoms with Gasteiger partial charge >= 0.3 is 0 Å². The molecule has 2 N–H and O–H groups in total. The summed E-state index contributed by atoms with van der Waals surface area (Å²) in [5.41, 5.74) is 3.01. The monoisotopic (exact) mass is 525 g/mol. The number of rotatable bonds is 7. The second-order valence-corrected chi connectivity index (χ2v) is 10.5. The van der Waals surface area contributed by atoms with Crippen LogP contribution in [0.15, 0.2) is 36.4 Å². The molecule has 1 aliphatic heterocycles. The highest BCUT2D eigenvalue weighted by atomic mass is 35.5. The third-order valence-electron chi connectivity index (χ3n) is 6.42. The molecule has 188 valence electrons. The summed E-state index contributed by atoms with van der Waals surface area (Å²) in [5.74, 6) is 0.616. The SMILES string of the molecule is CN1CCN(C(=O)CCCNC(=O)c2ccc3c(c2)nc(Nc2nc4ccc(Cl)cc4s2)n3C)CC1. The van der Waals surface area contributed by atoms with Crippen molar-refractivity contribution < 1.29 is 9.59 Å². The fraction of sp³-hybridized carbons (Fsp3) is 0.360. The number of amides is 2. The number of likely N-dealkylation sites (N-methyl/N-ethyl adjacent to an activating group) is 1. The third-order valence-corrected chi connectivity index (χ3v) is 7.59. The molecule has 4 aromatic rings. The fourth-order valence-electron chi connectivity index (χ4n) is 4.26. The summed E-state index contributed by atoms with van der Waals surface area (Å²) in [6, 6.07) is 11.1. The molecule has 5 rings (SSSR count). The molecular formula is C25H28ClN7O2S. The van der Waals surface area contributed by atoms with Gasteiger partial charge in [-0.15, -0.1) is 0 Å². The highest BCUT2D eigenvalue weighted by Crippen LogP contribution is 2.31. The van der Waals surface area contributed by atoms with E-state index < -0.39 is 0 Å². The van der Waals surface area contributed by atoms with Crippen LogP contribution in [0.3, 0.4) is 0 Å². The number of anilines is 2. The van der Waals surface area contributed by atoms with Gasteiger partial charge in [0, 0.05) is 56.8 Å². The van der Waals surface area contributed by atoms with E-state index in [1.807, 2.05) is 40.8 Å². The number of halogens is 1. The van der Waals surface area contributed by atoms with E-state index in [1.165, 1.54) is 11.3 Å². The zero-order valence-corrected chi connectivity index (χ0v) is 21.8. The highest BCUT2D eigenvalue weighted by molar-refractivity contribution is 7.22. The molecule has 0 bridgehead atoms. The number of imidazole rings is 1. The Labute approximate surface area is 218 Å². The fourth-order valence-corrected chi connectivity index (χ4v) is 5.39. The third kappa shape index (κ3) is 5.30. The molecule has 2 amide bonds. The number of hydrogen-bond donors (Lipinski definition) is 2. The minimum absolute atomic E-state index is 0.156. The Bertz CT molecular complexity index is 1420. The van der Waals surface area contributed by atoms with Crippen LogP contribution in [0.4, 0.5) is 11.1 Å². The van der Waals surface area contributed by atoms with E-state index in [1.54, 1.807) is 12.1 Å². The summed E-state index contributed by atoms with van der Waals surface area (Å²) in [6.07, 6.45) is 1.06. The van der Waals surface area contributed by atoms with Crippen molar-refractivity contribution in [2.75, 3.05) is 45.1 Å². The van der Waals surface area contributed by atoms with Crippen LogP contribution in [0.1, 0.15) is 23.2 Å². The van der Waals surface area contributed by atoms with Crippen LogP contribution in [0, 0.1) is 0 Å². The molecule has 0 unspecified atom stereocenters. The number of piperazine rings is 1. The quantitative estimate of drug-likeness (QED) is 0.356. The van der Waals surface area contributed by atoms with Crippen LogP contribution in [0.2, 0.25) is 5.02 Å². The normalized spacial score (nSPS) is 14.5. The molecule has 0 saturated carbocycles. The zero-order valence-electron chi connectivity index (χ0n) is 20.3. The molecule has 2 aromatic heterocycles. The molecule has 0 spiro atoms. The van der Waals surface area contributed by atoms with Crippen LogP contribution in [-0.2, 0) is 11.8 Å². The summed E-state index contributed by atoms with van der Waals surface area (Å²) in [6.45, 7) is 3.81. The van der Waals surface area contributed by atoms with Gasteiger partial charge in [0.25, 0.3) is 5.91 Å². The van der Waals surface area contributed by atoms with Crippen molar-refractivity contribution in [1.82, 2.24) is 29.7 Å². The van der Waals surface area contributed by atoms with E-state index in [9.17, 15) is 9.59 Å². The molecular weight excluding hydrogens is 498 g/mol. The summed E-state index contributed by atoms with van der Waals surface area (Å²) in [4.78, 5) is 38.5. The van der Waals surface area contributed by atoms with Crippen molar-refractivity contribution in [3.05, 3.63) is 47.0 Å². The molecule has 1 fully saturated rings. The highest BCUT2D eigenvalue weighted by Gasteiger charge is 2.19. The van der Waals surface area contributed by atoms with E-state index in [-0.39, 0.29) is 11.8 Å². The lowest BCUT2D eigenvalue weighted by molar-refractivity contribution is -0.132. The Morgan fingerprint density at radius 3 is 2.64 bits per heavy atom. The van der Waals surface area contributed by atoms with Crippen molar-refractivity contribution in [3.63, 3.8) is 0 Å². The van der Waals surface area contributed by atoms with Gasteiger partial charge in [-0.1, -0.05) is 22.9 Å². The molecule has 0 atom stereocenters. The zero-order chi connectivity index (χ0) is 25.2. The number of thiazole rings is 1. The van der Waals surface area contributed by atoms with Crippen LogP contribution in [-0.4, -0.2) is 75.9 Å². The number of hydrogen-bond acceptors (Lipinski definition) is 7. The number of aryl methyl sites for hydroxylation is 1. The van der Waals surface area contributed by atoms with Crippen molar-refractivity contribution >= 4 is 67.1 Å². The van der Waals surface area contributed by atoms with E-state index in [0.717, 1.165) is 47.0 Å². The standard InChI is InChI=1S/C25H28ClN7O2S/c1-31-10-12-33(13-11-31)22(34)4-3-9-27-23(35)16-5-8-20-19(14-16)28-24(32(20)2)30-25-29-18-7-6-17(26)15-21(18)36-25/h5-8,14-15H,3-4,9-13H2,1-2H3,(H,27,35)(H,28,29,30). The number of aromatic nitrogens is 3. The van der Waals surface area contributed by atoms with Gasteiger partial charge in [-0.05, 0) is 49.9 Å². The van der Waals surface area contributed by atoms with E-state index in [4.69, 9.17) is 11.6 Å². The Morgan fingerprint density at radius 2 is 1.83 bits per heavy atom. The lowest BCUT2D eigenvalue weighted by atomic mass is 10.2. The van der Waals surface area contributed by atoms with Gasteiger partial charge in [-0.3, -0.25) is 9.59 Å². The number of carbonyl (C=O) groups excluding carboxylic acids is 2. The van der Waals surface area contributed by atoms with Gasteiger partial charge in [0.2, 0.25) is 11.9 Å². The molecule has 1 saturated heterocycles. The predicted molar refractivity (Wildman–Crippen MR) is 144 cm³/mol. The van der Waals surface area contributed by atoms with Gasteiger partial charge in [-0.25, -0.2) is 9.97 Å². The Morgan fingerprint density at radius 1 is 1.03 bits per heavy atom. The lowest BCUT2D eigenvalue weighted by Gasteiger charge is -2.32. The maximum absolute atomic E-state index is 12.7. The number of fused-ring (bicyclic) bond motifs is 2. The molecule has 2 aromatic carbocycles. The van der Waals surface area contributed by atoms with Crippen molar-refractivity contribution in [3.8, 4) is 0 Å². The number of benzene rings is 2. The maximum Gasteiger partial charge on any atom is 0.251 e. The maximum atomic E-state index is 12.7. The molecule has 36 heavy (non-hydrogen) atoms. The van der Waals surface area contributed by atoms with E-state index in [2.05, 4.69) is 32.5 Å². The van der Waals surface area contributed by atoms with E-state index in [0.29, 0.717) is 41.4 Å². The summed E-state index contributed by atoms with van der Waals surface area (Å²) < 4.78 is 2.92. The molecule has 9 nitrogen and oxygen atoms in total. The van der Waals surface area contributed by atoms with Crippen LogP contribution < -0.4 is 10.6 Å². The van der Waals surface area contributed by atoms with Crippen LogP contribution >= 0.6 is 22.9 Å². The number of carbonyl (C=O) groups is 2. The Hall–Kier alpha value is -3.21. The number of nitrogens with zero attached hydrogens (tertiary/aromatic N) is 5. The molecule has 0 radical (unpaired) electrons. The van der Waals surface area contributed by atoms with Gasteiger partial charge < -0.3 is 25.0 Å². The average Bonchev–Trinajstić information content (AvgIpc) is 3.41. The minimum Gasteiger partial charge on any atom is -0.352 e. The lowest BCUT2D eigenvalue weighted by Crippen LogP contribution is -2.47. The molecule has 3 heterocycles. The Kier molecular flexibility index (Phi) is 7.08. The minimum atomic E-state index is -0.174. The largest absolute Gasteiger partial charge is 0.352 e. The first kappa shape index (κ1) is 24.5. The average molecular weight is 526 g/mol. The van der Waals surface area contributed by atoms with Gasteiger partial charge in [-0.2, -0.15) is 0 Å². The first-order valence-corrected chi connectivity index (χ1v) is 13.1. The van der Waals surface area contributed by atoms with Gasteiger partial charge in [0.1, 0.15) is 0 Å². The van der Waals surface area contributed by atoms with Crippen LogP contribution in [0.25, 0.3) is 21.3 Å². The second kappa shape index (κ2) is 10.4. The smallest absolute Gasteiger partial charge is 0.251 e. The first-order valence-electron chi connectivity index (χ1n) is 11.9. The second-order valence-electron chi connectivity index (χ2n) is 9.00. The summed E-state index contributed by atoms with van der Waals surface area (Å²) in [5, 5.41) is 7.59. The number of nitrogens with one attached hydrogen (secondary N) is 2. The summed E-state index contributed by atoms with van der Waals surface area (Å²) in [7, 11) is 3.98. The Balaban J connectivity index is 1.19. The van der Waals surface area contributed by atoms with Gasteiger partial charge in [0.15, 0.2) is 5.13 Å². The van der Waals surface area contributed by atoms with Gasteiger partial charge in [0.05, 0.1) is 21.3 Å². The molecule has 0 aliphatic carbocycles. The summed E-state index contributed by atoms with van der Waals surface area (Å²) >= 11 is 7.59.